The first-order valence-corrected chi connectivity index (χ1v) is 10.5. The summed E-state index contributed by atoms with van der Waals surface area (Å²) in [6, 6.07) is 12.9. The molecule has 4 aromatic rings. The van der Waals surface area contributed by atoms with E-state index >= 15 is 0 Å². The molecule has 0 saturated heterocycles. The summed E-state index contributed by atoms with van der Waals surface area (Å²) < 4.78 is 24.4. The lowest BCUT2D eigenvalue weighted by Crippen LogP contribution is -2.11. The molecule has 2 aromatic carbocycles. The van der Waals surface area contributed by atoms with E-state index in [1.54, 1.807) is 18.3 Å². The maximum Gasteiger partial charge on any atom is 0.289 e. The normalized spacial score (nSPS) is 12.8. The van der Waals surface area contributed by atoms with Crippen molar-refractivity contribution in [3.8, 4) is 5.75 Å². The zero-order chi connectivity index (χ0) is 22.6. The van der Waals surface area contributed by atoms with Gasteiger partial charge in [-0.25, -0.2) is 19.4 Å². The summed E-state index contributed by atoms with van der Waals surface area (Å²) in [6.45, 7) is 1.37. The maximum absolute atomic E-state index is 13.3. The molecule has 33 heavy (non-hydrogen) atoms. The van der Waals surface area contributed by atoms with Crippen LogP contribution in [0.25, 0.3) is 10.9 Å². The number of nitrogens with one attached hydrogen (secondary N) is 2. The Labute approximate surface area is 193 Å². The molecule has 0 radical (unpaired) electrons. The first kappa shape index (κ1) is 20.9. The van der Waals surface area contributed by atoms with Crippen molar-refractivity contribution >= 4 is 45.7 Å². The Morgan fingerprint density at radius 1 is 1.03 bits per heavy atom. The van der Waals surface area contributed by atoms with Gasteiger partial charge in [0, 0.05) is 28.5 Å². The van der Waals surface area contributed by atoms with Crippen molar-refractivity contribution in [3.05, 3.63) is 77.6 Å². The molecule has 3 heterocycles. The SMILES string of the molecule is Fc1cncc(COc2ccc(Nc3ncnc4ccc(NC5=NCCO5)cc34)cc2Cl)c1. The van der Waals surface area contributed by atoms with Crippen molar-refractivity contribution in [3.63, 3.8) is 0 Å². The lowest BCUT2D eigenvalue weighted by Gasteiger charge is -2.13. The van der Waals surface area contributed by atoms with Crippen LogP contribution in [0.15, 0.2) is 66.2 Å². The van der Waals surface area contributed by atoms with Gasteiger partial charge < -0.3 is 20.1 Å². The molecule has 166 valence electrons. The number of anilines is 3. The monoisotopic (exact) mass is 464 g/mol. The second kappa shape index (κ2) is 9.25. The fourth-order valence-electron chi connectivity index (χ4n) is 3.30. The summed E-state index contributed by atoms with van der Waals surface area (Å²) >= 11 is 6.41. The van der Waals surface area contributed by atoms with Gasteiger partial charge in [0.15, 0.2) is 0 Å². The summed E-state index contributed by atoms with van der Waals surface area (Å²) in [5, 5.41) is 7.65. The van der Waals surface area contributed by atoms with Crippen LogP contribution in [-0.4, -0.2) is 34.1 Å². The van der Waals surface area contributed by atoms with Gasteiger partial charge in [-0.3, -0.25) is 4.98 Å². The minimum Gasteiger partial charge on any atom is -0.487 e. The topological polar surface area (TPSA) is 93.5 Å². The number of nitrogens with zero attached hydrogens (tertiary/aromatic N) is 4. The second-order valence-electron chi connectivity index (χ2n) is 7.18. The van der Waals surface area contributed by atoms with Gasteiger partial charge in [-0.15, -0.1) is 0 Å². The van der Waals surface area contributed by atoms with Crippen molar-refractivity contribution < 1.29 is 13.9 Å². The molecular weight excluding hydrogens is 447 g/mol. The largest absolute Gasteiger partial charge is 0.487 e. The minimum atomic E-state index is -0.416. The highest BCUT2D eigenvalue weighted by atomic mass is 35.5. The van der Waals surface area contributed by atoms with Gasteiger partial charge in [0.25, 0.3) is 6.02 Å². The van der Waals surface area contributed by atoms with Crippen molar-refractivity contribution in [1.29, 1.82) is 0 Å². The van der Waals surface area contributed by atoms with Gasteiger partial charge >= 0.3 is 0 Å². The van der Waals surface area contributed by atoms with Crippen LogP contribution in [0, 0.1) is 5.82 Å². The smallest absolute Gasteiger partial charge is 0.289 e. The molecule has 0 aliphatic carbocycles. The van der Waals surface area contributed by atoms with Crippen molar-refractivity contribution in [1.82, 2.24) is 15.0 Å². The molecule has 10 heteroatoms. The number of fused-ring (bicyclic) bond motifs is 1. The molecule has 5 rings (SSSR count). The molecule has 0 bridgehead atoms. The Bertz CT molecular complexity index is 1350. The van der Waals surface area contributed by atoms with E-state index in [1.807, 2.05) is 24.3 Å². The second-order valence-corrected chi connectivity index (χ2v) is 7.59. The standard InChI is InChI=1S/C23H18ClFN6O2/c24-19-9-17(2-4-21(19)33-12-14-7-15(25)11-26-10-14)30-22-18-8-16(31-23-27-5-6-32-23)1-3-20(18)28-13-29-22/h1-4,7-11,13H,5-6,12H2,(H,27,31)(H,28,29,30). The first-order valence-electron chi connectivity index (χ1n) is 10.1. The van der Waals surface area contributed by atoms with Gasteiger partial charge in [-0.05, 0) is 42.5 Å². The fraction of sp³-hybridized carbons (Fsp3) is 0.130. The Morgan fingerprint density at radius 2 is 1.91 bits per heavy atom. The third-order valence-corrected chi connectivity index (χ3v) is 5.12. The van der Waals surface area contributed by atoms with E-state index in [9.17, 15) is 4.39 Å². The Kier molecular flexibility index (Phi) is 5.86. The molecule has 1 aliphatic rings. The molecule has 0 unspecified atom stereocenters. The molecule has 0 atom stereocenters. The molecule has 8 nitrogen and oxygen atoms in total. The summed E-state index contributed by atoms with van der Waals surface area (Å²) in [7, 11) is 0. The van der Waals surface area contributed by atoms with Crippen LogP contribution in [0.5, 0.6) is 5.75 Å². The van der Waals surface area contributed by atoms with E-state index in [0.29, 0.717) is 41.3 Å². The number of hydrogen-bond donors (Lipinski definition) is 2. The molecule has 0 fully saturated rings. The Hall–Kier alpha value is -3.98. The van der Waals surface area contributed by atoms with Crippen LogP contribution in [0.3, 0.4) is 0 Å². The van der Waals surface area contributed by atoms with Crippen LogP contribution < -0.4 is 15.4 Å². The maximum atomic E-state index is 13.3. The lowest BCUT2D eigenvalue weighted by atomic mass is 10.2. The zero-order valence-electron chi connectivity index (χ0n) is 17.3. The van der Waals surface area contributed by atoms with Crippen LogP contribution in [-0.2, 0) is 11.3 Å². The van der Waals surface area contributed by atoms with E-state index in [4.69, 9.17) is 21.1 Å². The number of amidine groups is 1. The average Bonchev–Trinajstić information content (AvgIpc) is 3.32. The van der Waals surface area contributed by atoms with Gasteiger partial charge in [-0.2, -0.15) is 0 Å². The van der Waals surface area contributed by atoms with Gasteiger partial charge in [0.1, 0.15) is 36.9 Å². The van der Waals surface area contributed by atoms with E-state index in [1.165, 1.54) is 12.4 Å². The number of ether oxygens (including phenoxy) is 2. The fourth-order valence-corrected chi connectivity index (χ4v) is 3.53. The number of halogens is 2. The third-order valence-electron chi connectivity index (χ3n) is 4.82. The van der Waals surface area contributed by atoms with Gasteiger partial charge in [-0.1, -0.05) is 11.6 Å². The highest BCUT2D eigenvalue weighted by Crippen LogP contribution is 2.31. The highest BCUT2D eigenvalue weighted by molar-refractivity contribution is 6.32. The minimum absolute atomic E-state index is 0.151. The molecule has 0 saturated carbocycles. The first-order chi connectivity index (χ1) is 16.1. The van der Waals surface area contributed by atoms with Gasteiger partial charge in [0.05, 0.1) is 23.3 Å². The number of benzene rings is 2. The van der Waals surface area contributed by atoms with Crippen LogP contribution in [0.1, 0.15) is 5.56 Å². The molecule has 0 spiro atoms. The molecule has 0 amide bonds. The average molecular weight is 465 g/mol. The Balaban J connectivity index is 1.33. The van der Waals surface area contributed by atoms with E-state index in [-0.39, 0.29) is 6.61 Å². The van der Waals surface area contributed by atoms with Crippen molar-refractivity contribution in [2.75, 3.05) is 23.8 Å². The highest BCUT2D eigenvalue weighted by Gasteiger charge is 2.11. The van der Waals surface area contributed by atoms with E-state index < -0.39 is 5.82 Å². The number of hydrogen-bond acceptors (Lipinski definition) is 8. The van der Waals surface area contributed by atoms with Crippen molar-refractivity contribution in [2.45, 2.75) is 6.61 Å². The van der Waals surface area contributed by atoms with Crippen LogP contribution >= 0.6 is 11.6 Å². The number of pyridine rings is 1. The predicted octanol–water partition coefficient (Wildman–Crippen LogP) is 4.94. The van der Waals surface area contributed by atoms with E-state index in [2.05, 4.69) is 30.6 Å². The number of aromatic nitrogens is 3. The van der Waals surface area contributed by atoms with Gasteiger partial charge in [0.2, 0.25) is 0 Å². The summed E-state index contributed by atoms with van der Waals surface area (Å²) in [5.41, 5.74) is 2.93. The van der Waals surface area contributed by atoms with Crippen LogP contribution in [0.2, 0.25) is 5.02 Å². The van der Waals surface area contributed by atoms with Crippen LogP contribution in [0.4, 0.5) is 21.6 Å². The summed E-state index contributed by atoms with van der Waals surface area (Å²) in [5.74, 6) is 0.678. The lowest BCUT2D eigenvalue weighted by molar-refractivity contribution is 0.305. The third kappa shape index (κ3) is 4.93. The molecular formula is C23H18ClFN6O2. The quantitative estimate of drug-likeness (QED) is 0.417. The predicted molar refractivity (Wildman–Crippen MR) is 125 cm³/mol. The Morgan fingerprint density at radius 3 is 2.73 bits per heavy atom. The molecule has 2 aromatic heterocycles. The summed E-state index contributed by atoms with van der Waals surface area (Å²) in [4.78, 5) is 16.8. The van der Waals surface area contributed by atoms with E-state index in [0.717, 1.165) is 28.5 Å². The summed E-state index contributed by atoms with van der Waals surface area (Å²) in [6.07, 6.45) is 4.18. The molecule has 1 aliphatic heterocycles. The van der Waals surface area contributed by atoms with Crippen molar-refractivity contribution in [2.24, 2.45) is 4.99 Å². The molecule has 2 N–H and O–H groups in total. The number of aliphatic imine (C=N–C) groups is 1. The number of rotatable bonds is 6. The zero-order valence-corrected chi connectivity index (χ0v) is 18.0.